The predicted octanol–water partition coefficient (Wildman–Crippen LogP) is 5.28. The summed E-state index contributed by atoms with van der Waals surface area (Å²) in [6.07, 6.45) is -0.141. The summed E-state index contributed by atoms with van der Waals surface area (Å²) < 4.78 is 85.9. The van der Waals surface area contributed by atoms with Gasteiger partial charge >= 0.3 is 21.5 Å². The molecule has 0 bridgehead atoms. The molecule has 2 aromatic carbocycles. The molecule has 1 aliphatic carbocycles. The summed E-state index contributed by atoms with van der Waals surface area (Å²) in [5.74, 6) is -2.33. The van der Waals surface area contributed by atoms with Crippen LogP contribution in [-0.4, -0.2) is 39.3 Å². The number of carbonyl (C=O) groups is 1. The maximum absolute atomic E-state index is 12.7. The van der Waals surface area contributed by atoms with Crippen LogP contribution in [-0.2, 0) is 26.1 Å². The van der Waals surface area contributed by atoms with Crippen LogP contribution >= 0.6 is 22.9 Å². The molecule has 3 aromatic rings. The highest BCUT2D eigenvalue weighted by Gasteiger charge is 2.67. The molecule has 3 unspecified atom stereocenters. The van der Waals surface area contributed by atoms with Crippen LogP contribution in [0.25, 0.3) is 10.4 Å². The van der Waals surface area contributed by atoms with E-state index in [0.717, 1.165) is 33.3 Å². The molecular weight excluding hydrogens is 565 g/mol. The van der Waals surface area contributed by atoms with Crippen molar-refractivity contribution >= 4 is 60.9 Å². The van der Waals surface area contributed by atoms with Crippen LogP contribution in [0.2, 0.25) is 5.02 Å². The predicted molar refractivity (Wildman–Crippen MR) is 131 cm³/mol. The average molecular weight is 581 g/mol. The number of benzene rings is 2. The highest BCUT2D eigenvalue weighted by molar-refractivity contribution is 7.93. The van der Waals surface area contributed by atoms with E-state index in [9.17, 15) is 40.3 Å². The minimum atomic E-state index is -5.69. The van der Waals surface area contributed by atoms with Crippen LogP contribution in [0.4, 0.5) is 23.9 Å². The molecule has 192 valence electrons. The van der Waals surface area contributed by atoms with Gasteiger partial charge in [0.25, 0.3) is 11.3 Å². The fraction of sp³-hybridized carbons (Fsp3) is 0.190. The first kappa shape index (κ1) is 26.4. The molecule has 1 fully saturated rings. The Hall–Kier alpha value is -2.65. The summed E-state index contributed by atoms with van der Waals surface area (Å²) in [5, 5.41) is 10.8. The third-order valence-electron chi connectivity index (χ3n) is 5.59. The van der Waals surface area contributed by atoms with Crippen LogP contribution in [0.15, 0.2) is 60.7 Å². The van der Waals surface area contributed by atoms with Crippen LogP contribution < -0.4 is 9.03 Å². The highest BCUT2D eigenvalue weighted by atomic mass is 35.5. The Kier molecular flexibility index (Phi) is 6.85. The summed E-state index contributed by atoms with van der Waals surface area (Å²) in [6, 6.07) is 14.8. The molecule has 0 saturated heterocycles. The largest absolute Gasteiger partial charge is 0.516 e. The monoisotopic (exact) mass is 580 g/mol. The van der Waals surface area contributed by atoms with Crippen molar-refractivity contribution in [3.8, 4) is 10.4 Å². The summed E-state index contributed by atoms with van der Waals surface area (Å²) in [4.78, 5) is 13.1. The zero-order valence-corrected chi connectivity index (χ0v) is 21.0. The van der Waals surface area contributed by atoms with Gasteiger partial charge in [-0.25, -0.2) is 13.3 Å². The fourth-order valence-electron chi connectivity index (χ4n) is 3.84. The minimum absolute atomic E-state index is 0.141. The van der Waals surface area contributed by atoms with Crippen molar-refractivity contribution in [2.24, 2.45) is 0 Å². The van der Waals surface area contributed by atoms with Gasteiger partial charge in [-0.15, -0.1) is 11.3 Å². The van der Waals surface area contributed by atoms with E-state index in [0.29, 0.717) is 9.90 Å². The van der Waals surface area contributed by atoms with Crippen molar-refractivity contribution in [1.82, 2.24) is 0 Å². The summed E-state index contributed by atoms with van der Waals surface area (Å²) >= 11 is 4.20. The van der Waals surface area contributed by atoms with Crippen molar-refractivity contribution in [1.29, 1.82) is 0 Å². The molecule has 3 N–H and O–H groups in total. The van der Waals surface area contributed by atoms with E-state index in [1.165, 1.54) is 22.9 Å². The lowest BCUT2D eigenvalue weighted by Gasteiger charge is -2.26. The molecular formula is C21H16ClF3N2O6S3. The number of nitrogens with zero attached hydrogens (tertiary/aromatic N) is 1. The van der Waals surface area contributed by atoms with Gasteiger partial charge in [0.05, 0.1) is 0 Å². The van der Waals surface area contributed by atoms with Crippen molar-refractivity contribution < 1.29 is 40.3 Å². The van der Waals surface area contributed by atoms with E-state index in [4.69, 9.17) is 11.6 Å². The molecule has 0 spiro atoms. The number of hydrogen-bond acceptors (Lipinski definition) is 5. The molecule has 1 aromatic heterocycles. The van der Waals surface area contributed by atoms with E-state index < -0.39 is 49.9 Å². The number of aliphatic carboxylic acids is 1. The number of alkyl halides is 3. The van der Waals surface area contributed by atoms with Crippen molar-refractivity contribution in [3.05, 3.63) is 71.2 Å². The van der Waals surface area contributed by atoms with Crippen LogP contribution in [0, 0.1) is 0 Å². The number of carboxylic acid groups (broad SMARTS) is 1. The Balaban J connectivity index is 1.68. The Bertz CT molecular complexity index is 1450. The zero-order valence-electron chi connectivity index (χ0n) is 17.8. The molecule has 8 nitrogen and oxygen atoms in total. The second-order valence-electron chi connectivity index (χ2n) is 7.83. The van der Waals surface area contributed by atoms with Gasteiger partial charge in [-0.3, -0.25) is 9.27 Å². The molecule has 0 amide bonds. The minimum Gasteiger partial charge on any atom is -0.479 e. The SMILES string of the molecule is O=C(O)C1(N(c2ccc(-c3ccc(Cl)cc3)s2)S(=O)O)CC1c1cccc(NS(=O)(=O)C(F)(F)F)c1. The van der Waals surface area contributed by atoms with Gasteiger partial charge in [-0.2, -0.15) is 21.6 Å². The Morgan fingerprint density at radius 3 is 2.42 bits per heavy atom. The van der Waals surface area contributed by atoms with E-state index >= 15 is 0 Å². The second kappa shape index (κ2) is 9.34. The Morgan fingerprint density at radius 1 is 1.17 bits per heavy atom. The topological polar surface area (TPSA) is 124 Å². The van der Waals surface area contributed by atoms with Gasteiger partial charge < -0.3 is 5.11 Å². The maximum atomic E-state index is 12.7. The number of halogens is 4. The lowest BCUT2D eigenvalue weighted by molar-refractivity contribution is -0.139. The highest BCUT2D eigenvalue weighted by Crippen LogP contribution is 2.58. The first-order chi connectivity index (χ1) is 16.8. The quantitative estimate of drug-likeness (QED) is 0.311. The van der Waals surface area contributed by atoms with Crippen LogP contribution in [0.5, 0.6) is 0 Å². The molecule has 1 aliphatic rings. The molecule has 4 rings (SSSR count). The van der Waals surface area contributed by atoms with E-state index in [1.807, 2.05) is 0 Å². The van der Waals surface area contributed by atoms with Crippen LogP contribution in [0.3, 0.4) is 0 Å². The molecule has 0 radical (unpaired) electrons. The Morgan fingerprint density at radius 2 is 1.83 bits per heavy atom. The zero-order chi connectivity index (χ0) is 26.5. The van der Waals surface area contributed by atoms with Gasteiger partial charge in [0.15, 0.2) is 5.54 Å². The number of nitrogens with one attached hydrogen (secondary N) is 1. The number of anilines is 2. The molecule has 1 saturated carbocycles. The third-order valence-corrected chi connectivity index (χ3v) is 9.02. The molecule has 36 heavy (non-hydrogen) atoms. The maximum Gasteiger partial charge on any atom is 0.516 e. The van der Waals surface area contributed by atoms with Gasteiger partial charge in [0, 0.05) is 21.5 Å². The number of carboxylic acids is 1. The number of sulfonamides is 1. The molecule has 3 atom stereocenters. The second-order valence-corrected chi connectivity index (χ2v) is 11.8. The molecule has 1 heterocycles. The van der Waals surface area contributed by atoms with Crippen molar-refractivity contribution in [3.63, 3.8) is 0 Å². The standard InChI is InChI=1S/C21H16ClF3N2O6S3/c22-14-6-4-12(5-7-14)17-8-9-18(34-17)27(35(30)31)20(19(28)29)11-16(20)13-2-1-3-15(10-13)26-36(32,33)21(23,24)25/h1-10,16,26H,11H2,(H,28,29)(H,30,31). The van der Waals surface area contributed by atoms with E-state index in [1.54, 1.807) is 30.3 Å². The van der Waals surface area contributed by atoms with E-state index in [-0.39, 0.29) is 17.0 Å². The first-order valence-electron chi connectivity index (χ1n) is 9.96. The lowest BCUT2D eigenvalue weighted by atomic mass is 10.1. The molecule has 15 heteroatoms. The van der Waals surface area contributed by atoms with Gasteiger partial charge in [0.2, 0.25) is 0 Å². The molecule has 0 aliphatic heterocycles. The fourth-order valence-corrected chi connectivity index (χ4v) is 6.60. The summed E-state index contributed by atoms with van der Waals surface area (Å²) in [5.41, 5.74) is -6.92. The third kappa shape index (κ3) is 4.83. The number of rotatable bonds is 8. The average Bonchev–Trinajstić information content (AvgIpc) is 3.34. The van der Waals surface area contributed by atoms with Gasteiger partial charge in [-0.1, -0.05) is 35.9 Å². The summed E-state index contributed by atoms with van der Waals surface area (Å²) in [7, 11) is -5.69. The van der Waals surface area contributed by atoms with E-state index in [2.05, 4.69) is 0 Å². The van der Waals surface area contributed by atoms with Crippen LogP contribution in [0.1, 0.15) is 17.9 Å². The smallest absolute Gasteiger partial charge is 0.479 e. The lowest BCUT2D eigenvalue weighted by Crippen LogP contribution is -2.45. The normalized spacial score (nSPS) is 20.5. The Labute approximate surface area is 214 Å². The van der Waals surface area contributed by atoms with Gasteiger partial charge in [0.1, 0.15) is 5.00 Å². The van der Waals surface area contributed by atoms with Crippen molar-refractivity contribution in [2.45, 2.75) is 23.4 Å². The summed E-state index contributed by atoms with van der Waals surface area (Å²) in [6.45, 7) is 0. The number of hydrogen-bond donors (Lipinski definition) is 3. The van der Waals surface area contributed by atoms with Gasteiger partial charge in [-0.05, 0) is 53.9 Å². The first-order valence-corrected chi connectivity index (χ1v) is 13.7. The van der Waals surface area contributed by atoms with Crippen molar-refractivity contribution in [2.75, 3.05) is 9.03 Å². The number of thiophene rings is 1.